The van der Waals surface area contributed by atoms with Gasteiger partial charge in [0, 0.05) is 23.1 Å². The number of nitrogens with zero attached hydrogens (tertiary/aromatic N) is 1. The highest BCUT2D eigenvalue weighted by atomic mass is 16.5. The number of hydrogen-bond acceptors (Lipinski definition) is 4. The summed E-state index contributed by atoms with van der Waals surface area (Å²) in [4.78, 5) is 39.3. The van der Waals surface area contributed by atoms with E-state index in [1.165, 1.54) is 29.7 Å². The maximum absolute atomic E-state index is 13.3. The average molecular weight is 405 g/mol. The number of allylic oxidation sites excluding steroid dienone is 3. The minimum absolute atomic E-state index is 0.0247. The Labute approximate surface area is 177 Å². The third-order valence-corrected chi connectivity index (χ3v) is 6.26. The van der Waals surface area contributed by atoms with Crippen molar-refractivity contribution in [2.24, 2.45) is 5.92 Å². The van der Waals surface area contributed by atoms with Gasteiger partial charge in [0.25, 0.3) is 11.8 Å². The van der Waals surface area contributed by atoms with Gasteiger partial charge in [-0.25, -0.2) is 4.79 Å². The van der Waals surface area contributed by atoms with Crippen molar-refractivity contribution < 1.29 is 19.1 Å². The molecular weight excluding hydrogens is 378 g/mol. The number of esters is 1. The number of imide groups is 1. The van der Waals surface area contributed by atoms with Crippen LogP contribution in [0, 0.1) is 5.92 Å². The Morgan fingerprint density at radius 2 is 1.83 bits per heavy atom. The van der Waals surface area contributed by atoms with Gasteiger partial charge in [-0.2, -0.15) is 0 Å². The van der Waals surface area contributed by atoms with Gasteiger partial charge in [0.2, 0.25) is 0 Å². The van der Waals surface area contributed by atoms with E-state index in [2.05, 4.69) is 18.7 Å². The second-order valence-electron chi connectivity index (χ2n) is 8.34. The number of amides is 2. The highest BCUT2D eigenvalue weighted by Crippen LogP contribution is 2.40. The lowest BCUT2D eigenvalue weighted by Crippen LogP contribution is -2.39. The summed E-state index contributed by atoms with van der Waals surface area (Å²) < 4.78 is 5.12. The van der Waals surface area contributed by atoms with Crippen LogP contribution in [0.3, 0.4) is 0 Å². The molecule has 0 radical (unpaired) electrons. The number of carbonyl (C=O) groups excluding carboxylic acids is 3. The normalized spacial score (nSPS) is 18.9. The molecule has 1 fully saturated rings. The van der Waals surface area contributed by atoms with Crippen molar-refractivity contribution in [1.29, 1.82) is 0 Å². The Balaban J connectivity index is 1.67. The Bertz CT molecular complexity index is 979. The summed E-state index contributed by atoms with van der Waals surface area (Å²) in [5.41, 5.74) is 4.76. The molecule has 30 heavy (non-hydrogen) atoms. The van der Waals surface area contributed by atoms with Crippen molar-refractivity contribution in [3.63, 3.8) is 0 Å². The zero-order valence-electron chi connectivity index (χ0n) is 17.4. The predicted molar refractivity (Wildman–Crippen MR) is 115 cm³/mol. The number of ether oxygens (including phenoxy) is 1. The van der Waals surface area contributed by atoms with Gasteiger partial charge < -0.3 is 4.74 Å². The molecule has 5 heteroatoms. The largest absolute Gasteiger partial charge is 0.460 e. The topological polar surface area (TPSA) is 63.7 Å². The number of benzene rings is 1. The molecule has 1 aliphatic heterocycles. The summed E-state index contributed by atoms with van der Waals surface area (Å²) in [5, 5.41) is 0. The number of carbonyl (C=O) groups is 3. The van der Waals surface area contributed by atoms with Crippen LogP contribution in [0.1, 0.15) is 60.5 Å². The summed E-state index contributed by atoms with van der Waals surface area (Å²) >= 11 is 0. The molecule has 1 aromatic rings. The summed E-state index contributed by atoms with van der Waals surface area (Å²) in [7, 11) is 0. The van der Waals surface area contributed by atoms with Crippen LogP contribution in [0.2, 0.25) is 0 Å². The molecule has 0 saturated heterocycles. The lowest BCUT2D eigenvalue weighted by molar-refractivity contribution is -0.140. The number of fused-ring (bicyclic) bond motifs is 1. The van der Waals surface area contributed by atoms with E-state index in [1.807, 2.05) is 12.1 Å². The van der Waals surface area contributed by atoms with Crippen LogP contribution >= 0.6 is 0 Å². The monoisotopic (exact) mass is 405 g/mol. The first kappa shape index (κ1) is 20.3. The third kappa shape index (κ3) is 3.76. The molecule has 4 rings (SSSR count). The average Bonchev–Trinajstić information content (AvgIpc) is 3.00. The molecule has 0 unspecified atom stereocenters. The van der Waals surface area contributed by atoms with E-state index < -0.39 is 5.97 Å². The van der Waals surface area contributed by atoms with E-state index in [0.717, 1.165) is 24.0 Å². The van der Waals surface area contributed by atoms with Gasteiger partial charge in [-0.3, -0.25) is 14.5 Å². The van der Waals surface area contributed by atoms with E-state index in [9.17, 15) is 14.4 Å². The molecule has 2 bridgehead atoms. The Kier molecular flexibility index (Phi) is 5.71. The summed E-state index contributed by atoms with van der Waals surface area (Å²) in [6.07, 6.45) is 10.5. The van der Waals surface area contributed by atoms with Crippen LogP contribution in [0.5, 0.6) is 0 Å². The minimum Gasteiger partial charge on any atom is -0.460 e. The van der Waals surface area contributed by atoms with E-state index in [0.29, 0.717) is 23.5 Å². The van der Waals surface area contributed by atoms with Crippen molar-refractivity contribution >= 4 is 23.4 Å². The standard InChI is InChI=1S/C25H27NO4/c1-16(2)25(29)30-14-13-26-23(27)18-11-12-19(17-7-4-3-5-8-17)20-9-6-10-21(24(26)28)22(20)15-18/h6,9-12,17H,1,3-5,7-8,13-15H2,2H3. The Hall–Kier alpha value is -2.95. The number of hydrogen-bond donors (Lipinski definition) is 0. The highest BCUT2D eigenvalue weighted by molar-refractivity contribution is 6.13. The van der Waals surface area contributed by atoms with Crippen molar-refractivity contribution in [2.75, 3.05) is 13.2 Å². The molecule has 0 N–H and O–H groups in total. The van der Waals surface area contributed by atoms with Gasteiger partial charge in [-0.1, -0.05) is 50.1 Å². The fourth-order valence-electron chi connectivity index (χ4n) is 4.66. The van der Waals surface area contributed by atoms with Gasteiger partial charge in [0.15, 0.2) is 0 Å². The van der Waals surface area contributed by atoms with Crippen LogP contribution in [0.25, 0.3) is 5.57 Å². The molecule has 0 aromatic heterocycles. The molecule has 1 aromatic carbocycles. The van der Waals surface area contributed by atoms with Gasteiger partial charge >= 0.3 is 5.97 Å². The first-order chi connectivity index (χ1) is 14.5. The maximum atomic E-state index is 13.3. The predicted octanol–water partition coefficient (Wildman–Crippen LogP) is 4.23. The van der Waals surface area contributed by atoms with Crippen molar-refractivity contribution in [1.82, 2.24) is 4.90 Å². The van der Waals surface area contributed by atoms with Crippen molar-refractivity contribution in [2.45, 2.75) is 45.4 Å². The molecule has 0 spiro atoms. The molecule has 0 atom stereocenters. The van der Waals surface area contributed by atoms with Crippen LogP contribution in [0.4, 0.5) is 0 Å². The number of rotatable bonds is 5. The van der Waals surface area contributed by atoms with Crippen molar-refractivity contribution in [3.05, 3.63) is 64.8 Å². The van der Waals surface area contributed by atoms with E-state index in [-0.39, 0.29) is 30.5 Å². The smallest absolute Gasteiger partial charge is 0.333 e. The second kappa shape index (κ2) is 8.42. The first-order valence-electron chi connectivity index (χ1n) is 10.7. The second-order valence-corrected chi connectivity index (χ2v) is 8.34. The SMILES string of the molecule is C=C(C)C(=O)OCCN1C(=O)C2=CC=C(C3CCCCC3)c3cccc(c3C2)C1=O. The van der Waals surface area contributed by atoms with E-state index in [4.69, 9.17) is 4.74 Å². The van der Waals surface area contributed by atoms with Crippen LogP contribution in [-0.2, 0) is 20.7 Å². The molecule has 1 heterocycles. The van der Waals surface area contributed by atoms with Gasteiger partial charge in [-0.15, -0.1) is 0 Å². The van der Waals surface area contributed by atoms with Gasteiger partial charge in [0.1, 0.15) is 6.61 Å². The molecule has 2 aliphatic carbocycles. The zero-order valence-corrected chi connectivity index (χ0v) is 17.4. The minimum atomic E-state index is -0.524. The molecule has 156 valence electrons. The fourth-order valence-corrected chi connectivity index (χ4v) is 4.66. The quantitative estimate of drug-likeness (QED) is 0.418. The molecule has 3 aliphatic rings. The first-order valence-corrected chi connectivity index (χ1v) is 10.7. The van der Waals surface area contributed by atoms with E-state index >= 15 is 0 Å². The summed E-state index contributed by atoms with van der Waals surface area (Å²) in [6, 6.07) is 5.79. The lowest BCUT2D eigenvalue weighted by atomic mass is 9.79. The lowest BCUT2D eigenvalue weighted by Gasteiger charge is -2.26. The van der Waals surface area contributed by atoms with E-state index in [1.54, 1.807) is 13.0 Å². The van der Waals surface area contributed by atoms with Crippen LogP contribution in [0.15, 0.2) is 48.1 Å². The Morgan fingerprint density at radius 3 is 2.57 bits per heavy atom. The summed E-state index contributed by atoms with van der Waals surface area (Å²) in [6.45, 7) is 5.08. The van der Waals surface area contributed by atoms with Gasteiger partial charge in [-0.05, 0) is 48.4 Å². The molecule has 2 amide bonds. The molecule has 5 nitrogen and oxygen atoms in total. The third-order valence-electron chi connectivity index (χ3n) is 6.26. The Morgan fingerprint density at radius 1 is 1.10 bits per heavy atom. The molecular formula is C25H27NO4. The van der Waals surface area contributed by atoms with Gasteiger partial charge in [0.05, 0.1) is 6.54 Å². The van der Waals surface area contributed by atoms with Crippen LogP contribution < -0.4 is 0 Å². The van der Waals surface area contributed by atoms with Crippen molar-refractivity contribution in [3.8, 4) is 0 Å². The fraction of sp³-hybridized carbons (Fsp3) is 0.400. The maximum Gasteiger partial charge on any atom is 0.333 e. The summed E-state index contributed by atoms with van der Waals surface area (Å²) in [5.74, 6) is -0.679. The molecule has 1 saturated carbocycles. The van der Waals surface area contributed by atoms with Crippen LogP contribution in [-0.4, -0.2) is 35.8 Å². The zero-order chi connectivity index (χ0) is 21.3. The highest BCUT2D eigenvalue weighted by Gasteiger charge is 2.34.